The molecule has 0 radical (unpaired) electrons. The van der Waals surface area contributed by atoms with Crippen molar-refractivity contribution in [3.8, 4) is 0 Å². The second-order valence-electron chi connectivity index (χ2n) is 9.17. The number of rotatable bonds is 15. The Labute approximate surface area is 238 Å². The van der Waals surface area contributed by atoms with Gasteiger partial charge in [-0.05, 0) is 61.8 Å². The molecule has 0 bridgehead atoms. The Kier molecular flexibility index (Phi) is 18.9. The van der Waals surface area contributed by atoms with Crippen molar-refractivity contribution in [2.75, 3.05) is 13.1 Å². The monoisotopic (exact) mass is 568 g/mol. The van der Waals surface area contributed by atoms with E-state index in [1.165, 1.54) is 11.1 Å². The zero-order chi connectivity index (χ0) is 26.2. The van der Waals surface area contributed by atoms with Gasteiger partial charge in [0.25, 0.3) is 5.91 Å². The number of carbonyl (C=O) groups excluding carboxylic acids is 3. The van der Waals surface area contributed by atoms with Crippen molar-refractivity contribution < 1.29 is 19.2 Å². The fourth-order valence-electron chi connectivity index (χ4n) is 3.66. The minimum absolute atomic E-state index is 0. The van der Waals surface area contributed by atoms with Crippen LogP contribution in [0.4, 0.5) is 0 Å². The van der Waals surface area contributed by atoms with Crippen LogP contribution in [0.25, 0.3) is 0 Å². The Hall–Kier alpha value is -2.65. The predicted octanol–water partition coefficient (Wildman–Crippen LogP) is 3.42. The van der Waals surface area contributed by atoms with Crippen molar-refractivity contribution in [3.63, 3.8) is 0 Å². The zero-order valence-electron chi connectivity index (χ0n) is 22.0. The normalized spacial score (nSPS) is 11.8. The summed E-state index contributed by atoms with van der Waals surface area (Å²) in [6.45, 7) is 2.24. The van der Waals surface area contributed by atoms with Crippen molar-refractivity contribution in [1.82, 2.24) is 10.8 Å². The molecule has 8 nitrogen and oxygen atoms in total. The van der Waals surface area contributed by atoms with Gasteiger partial charge in [0.2, 0.25) is 5.91 Å². The third-order valence-corrected chi connectivity index (χ3v) is 5.97. The molecule has 38 heavy (non-hydrogen) atoms. The van der Waals surface area contributed by atoms with Crippen LogP contribution in [-0.4, -0.2) is 36.9 Å². The number of nitrogens with two attached hydrogens (primary N) is 2. The van der Waals surface area contributed by atoms with Crippen LogP contribution < -0.4 is 22.3 Å². The number of nitrogens with one attached hydrogen (secondary N) is 2. The number of hydrogen-bond acceptors (Lipinski definition) is 6. The van der Waals surface area contributed by atoms with Gasteiger partial charge in [-0.3, -0.25) is 9.59 Å². The summed E-state index contributed by atoms with van der Waals surface area (Å²) in [7, 11) is 0. The summed E-state index contributed by atoms with van der Waals surface area (Å²) in [5.41, 5.74) is 16.9. The van der Waals surface area contributed by atoms with Gasteiger partial charge >= 0.3 is 5.97 Å². The smallest absolute Gasteiger partial charge is 0.336 e. The first-order valence-electron chi connectivity index (χ1n) is 12.7. The maximum Gasteiger partial charge on any atom is 0.336 e. The molecule has 0 aliphatic rings. The molecule has 0 heterocycles. The second kappa shape index (κ2) is 20.3. The minimum Gasteiger partial charge on any atom is -0.354 e. The molecule has 0 saturated heterocycles. The molecule has 0 aliphatic heterocycles. The van der Waals surface area contributed by atoms with Gasteiger partial charge in [0.1, 0.15) is 0 Å². The number of hydroxylamine groups is 1. The largest absolute Gasteiger partial charge is 0.354 e. The average Bonchev–Trinajstić information content (AvgIpc) is 2.89. The molecule has 2 amide bonds. The first-order chi connectivity index (χ1) is 17.4. The van der Waals surface area contributed by atoms with Gasteiger partial charge in [-0.15, -0.1) is 24.8 Å². The second-order valence-corrected chi connectivity index (χ2v) is 9.17. The van der Waals surface area contributed by atoms with E-state index in [9.17, 15) is 14.4 Å². The number of benzene rings is 2. The highest BCUT2D eigenvalue weighted by Crippen LogP contribution is 2.11. The number of halogens is 2. The number of hydrogen-bond donors (Lipinski definition) is 4. The SMILES string of the molecule is C[C@@H](CNC(=O)[C@@H](N)CCCCN)C(=O)ONC(=O)Cc1ccc(CCCCc2ccccc2)cc1.Cl.Cl. The molecule has 2 atom stereocenters. The van der Waals surface area contributed by atoms with Crippen molar-refractivity contribution >= 4 is 42.6 Å². The van der Waals surface area contributed by atoms with E-state index < -0.39 is 23.8 Å². The molecule has 2 aromatic rings. The molecule has 212 valence electrons. The van der Waals surface area contributed by atoms with E-state index in [0.29, 0.717) is 13.0 Å². The van der Waals surface area contributed by atoms with Crippen LogP contribution in [0.2, 0.25) is 0 Å². The van der Waals surface area contributed by atoms with Gasteiger partial charge in [0, 0.05) is 6.54 Å². The Morgan fingerprint density at radius 3 is 2.03 bits per heavy atom. The molecule has 6 N–H and O–H groups in total. The van der Waals surface area contributed by atoms with Gasteiger partial charge in [0.05, 0.1) is 18.4 Å². The van der Waals surface area contributed by atoms with E-state index in [2.05, 4.69) is 35.1 Å². The van der Waals surface area contributed by atoms with E-state index in [1.54, 1.807) is 6.92 Å². The number of aryl methyl sites for hydroxylation is 2. The molecule has 0 fully saturated rings. The van der Waals surface area contributed by atoms with Crippen LogP contribution in [0.3, 0.4) is 0 Å². The summed E-state index contributed by atoms with van der Waals surface area (Å²) >= 11 is 0. The fraction of sp³-hybridized carbons (Fsp3) is 0.464. The van der Waals surface area contributed by atoms with Crippen molar-refractivity contribution in [2.45, 2.75) is 64.3 Å². The summed E-state index contributed by atoms with van der Waals surface area (Å²) in [5, 5.41) is 2.64. The molecular formula is C28H42Cl2N4O4. The standard InChI is InChI=1S/C28H40N4O4.2ClH/c1-21(20-31-27(34)25(30)13-7-8-18-29)28(35)36-32-26(33)19-24-16-14-23(15-17-24)12-6-5-11-22-9-3-2-4-10-22;;/h2-4,9-10,14-17,21,25H,5-8,11-13,18-20,29-30H2,1H3,(H,31,34)(H,32,33);2*1H/t21-,25-;;/m0../s1. The lowest BCUT2D eigenvalue weighted by atomic mass is 10.0. The first-order valence-corrected chi connectivity index (χ1v) is 12.7. The average molecular weight is 570 g/mol. The van der Waals surface area contributed by atoms with Crippen molar-refractivity contribution in [3.05, 3.63) is 71.3 Å². The van der Waals surface area contributed by atoms with Gasteiger partial charge in [-0.25, -0.2) is 4.79 Å². The molecule has 0 aromatic heterocycles. The van der Waals surface area contributed by atoms with Gasteiger partial charge < -0.3 is 21.6 Å². The van der Waals surface area contributed by atoms with E-state index in [0.717, 1.165) is 44.1 Å². The molecule has 2 aromatic carbocycles. The topological polar surface area (TPSA) is 137 Å². The van der Waals surface area contributed by atoms with E-state index in [-0.39, 0.29) is 43.7 Å². The lowest BCUT2D eigenvalue weighted by molar-refractivity contribution is -0.161. The highest BCUT2D eigenvalue weighted by Gasteiger charge is 2.19. The molecule has 2 rings (SSSR count). The Balaban J connectivity index is 0.00000684. The molecule has 0 saturated carbocycles. The number of unbranched alkanes of at least 4 members (excludes halogenated alkanes) is 2. The Morgan fingerprint density at radius 2 is 1.42 bits per heavy atom. The first kappa shape index (κ1) is 35.4. The van der Waals surface area contributed by atoms with Crippen LogP contribution in [0.5, 0.6) is 0 Å². The number of amides is 2. The minimum atomic E-state index is -0.639. The van der Waals surface area contributed by atoms with Crippen LogP contribution in [0.1, 0.15) is 55.7 Å². The lowest BCUT2D eigenvalue weighted by Crippen LogP contribution is -2.43. The molecule has 0 unspecified atom stereocenters. The van der Waals surface area contributed by atoms with Crippen LogP contribution in [0.15, 0.2) is 54.6 Å². The highest BCUT2D eigenvalue weighted by atomic mass is 35.5. The van der Waals surface area contributed by atoms with Crippen LogP contribution >= 0.6 is 24.8 Å². The van der Waals surface area contributed by atoms with Crippen LogP contribution in [-0.2, 0) is 38.5 Å². The van der Waals surface area contributed by atoms with Gasteiger partial charge in [-0.2, -0.15) is 5.48 Å². The van der Waals surface area contributed by atoms with Crippen LogP contribution in [0, 0.1) is 5.92 Å². The Morgan fingerprint density at radius 1 is 0.842 bits per heavy atom. The van der Waals surface area contributed by atoms with E-state index in [1.807, 2.05) is 30.3 Å². The molecule has 0 spiro atoms. The maximum absolute atomic E-state index is 12.2. The summed E-state index contributed by atoms with van der Waals surface area (Å²) in [4.78, 5) is 41.2. The highest BCUT2D eigenvalue weighted by molar-refractivity contribution is 5.85. The molecule has 0 aliphatic carbocycles. The molecular weight excluding hydrogens is 527 g/mol. The fourth-order valence-corrected chi connectivity index (χ4v) is 3.66. The van der Waals surface area contributed by atoms with Gasteiger partial charge in [-0.1, -0.05) is 67.9 Å². The zero-order valence-corrected chi connectivity index (χ0v) is 23.7. The van der Waals surface area contributed by atoms with Crippen molar-refractivity contribution in [2.24, 2.45) is 17.4 Å². The quantitative estimate of drug-likeness (QED) is 0.192. The third-order valence-electron chi connectivity index (χ3n) is 5.97. The summed E-state index contributed by atoms with van der Waals surface area (Å²) in [6.07, 6.45) is 6.51. The summed E-state index contributed by atoms with van der Waals surface area (Å²) in [5.74, 6) is -2.01. The summed E-state index contributed by atoms with van der Waals surface area (Å²) in [6, 6.07) is 17.7. The Bertz CT molecular complexity index is 946. The molecule has 10 heteroatoms. The van der Waals surface area contributed by atoms with E-state index >= 15 is 0 Å². The predicted molar refractivity (Wildman–Crippen MR) is 155 cm³/mol. The lowest BCUT2D eigenvalue weighted by Gasteiger charge is -2.15. The number of carbonyl (C=O) groups is 3. The van der Waals surface area contributed by atoms with E-state index in [4.69, 9.17) is 16.3 Å². The summed E-state index contributed by atoms with van der Waals surface area (Å²) < 4.78 is 0. The van der Waals surface area contributed by atoms with Crippen molar-refractivity contribution in [1.29, 1.82) is 0 Å². The third kappa shape index (κ3) is 14.3. The maximum atomic E-state index is 12.2. The van der Waals surface area contributed by atoms with Gasteiger partial charge in [0.15, 0.2) is 0 Å².